The number of rotatable bonds is 12. The van der Waals surface area contributed by atoms with Gasteiger partial charge in [0.05, 0.1) is 24.2 Å². The first-order valence-corrected chi connectivity index (χ1v) is 13.7. The Labute approximate surface area is 223 Å². The molecule has 1 amide bonds. The van der Waals surface area contributed by atoms with Crippen molar-refractivity contribution in [3.8, 4) is 5.75 Å². The van der Waals surface area contributed by atoms with Crippen molar-refractivity contribution in [1.82, 2.24) is 9.62 Å². The molecule has 0 aromatic heterocycles. The fraction of sp³-hybridized carbons (Fsp3) is 0.367. The second-order valence-electron chi connectivity index (χ2n) is 9.77. The number of nitrogens with zero attached hydrogens (tertiary/aromatic N) is 1. The molecule has 3 aromatic carbocycles. The van der Waals surface area contributed by atoms with Crippen molar-refractivity contribution in [3.05, 3.63) is 95.1 Å². The number of amides is 1. The standard InChI is InChI=1S/C30H38N2O4S/c1-21(2)19-32(37(35)26-16-14-25(36-5)15-17-26)20-28(33)27(18-24-12-7-6-8-13-24)31-30(34)29-22(3)10-9-11-23(29)4/h6-17,21,27-28,33H,18-20H2,1-5H3,(H,31,34)/t27-,28+,37?/m0/s1. The van der Waals surface area contributed by atoms with Gasteiger partial charge in [0.2, 0.25) is 0 Å². The first-order valence-electron chi connectivity index (χ1n) is 12.6. The van der Waals surface area contributed by atoms with Crippen molar-refractivity contribution in [3.63, 3.8) is 0 Å². The van der Waals surface area contributed by atoms with Gasteiger partial charge in [-0.15, -0.1) is 0 Å². The summed E-state index contributed by atoms with van der Waals surface area (Å²) in [7, 11) is 0.104. The normalized spacial score (nSPS) is 13.8. The van der Waals surface area contributed by atoms with E-state index in [2.05, 4.69) is 19.2 Å². The number of benzene rings is 3. The zero-order chi connectivity index (χ0) is 26.9. The Morgan fingerprint density at radius 3 is 2.14 bits per heavy atom. The number of carbonyl (C=O) groups excluding carboxylic acids is 1. The summed E-state index contributed by atoms with van der Waals surface area (Å²) in [4.78, 5) is 14.0. The summed E-state index contributed by atoms with van der Waals surface area (Å²) in [6.07, 6.45) is -0.502. The van der Waals surface area contributed by atoms with Crippen molar-refractivity contribution >= 4 is 16.9 Å². The first kappa shape index (κ1) is 28.6. The fourth-order valence-corrected chi connectivity index (χ4v) is 5.75. The highest BCUT2D eigenvalue weighted by molar-refractivity contribution is 7.82. The molecule has 6 nitrogen and oxygen atoms in total. The lowest BCUT2D eigenvalue weighted by Crippen LogP contribution is -2.50. The molecular weight excluding hydrogens is 484 g/mol. The Morgan fingerprint density at radius 2 is 1.57 bits per heavy atom. The van der Waals surface area contributed by atoms with E-state index in [1.54, 1.807) is 35.7 Å². The minimum atomic E-state index is -1.49. The van der Waals surface area contributed by atoms with Crippen molar-refractivity contribution in [2.75, 3.05) is 20.2 Å². The molecule has 0 aliphatic carbocycles. The lowest BCUT2D eigenvalue weighted by atomic mass is 9.98. The average Bonchev–Trinajstić information content (AvgIpc) is 2.87. The van der Waals surface area contributed by atoms with Gasteiger partial charge in [-0.05, 0) is 67.1 Å². The summed E-state index contributed by atoms with van der Waals surface area (Å²) in [5, 5.41) is 14.5. The molecule has 0 heterocycles. The predicted octanol–water partition coefficient (Wildman–Crippen LogP) is 4.69. The van der Waals surface area contributed by atoms with Gasteiger partial charge in [0.1, 0.15) is 16.7 Å². The number of methoxy groups -OCH3 is 1. The van der Waals surface area contributed by atoms with Crippen LogP contribution in [0.3, 0.4) is 0 Å². The zero-order valence-electron chi connectivity index (χ0n) is 22.3. The molecule has 1 unspecified atom stereocenters. The monoisotopic (exact) mass is 522 g/mol. The van der Waals surface area contributed by atoms with E-state index in [1.807, 2.05) is 62.4 Å². The third kappa shape index (κ3) is 7.99. The van der Waals surface area contributed by atoms with Crippen LogP contribution in [-0.2, 0) is 17.4 Å². The van der Waals surface area contributed by atoms with Gasteiger partial charge in [-0.1, -0.05) is 62.4 Å². The molecule has 2 N–H and O–H groups in total. The lowest BCUT2D eigenvalue weighted by Gasteiger charge is -2.30. The van der Waals surface area contributed by atoms with E-state index in [0.29, 0.717) is 29.2 Å². The number of hydrogen-bond acceptors (Lipinski definition) is 4. The highest BCUT2D eigenvalue weighted by atomic mass is 32.2. The zero-order valence-corrected chi connectivity index (χ0v) is 23.1. The van der Waals surface area contributed by atoms with Crippen LogP contribution in [0.25, 0.3) is 0 Å². The largest absolute Gasteiger partial charge is 0.497 e. The molecule has 0 spiro atoms. The highest BCUT2D eigenvalue weighted by Crippen LogP contribution is 2.20. The van der Waals surface area contributed by atoms with Crippen LogP contribution in [0.15, 0.2) is 77.7 Å². The number of aryl methyl sites for hydroxylation is 2. The fourth-order valence-electron chi connectivity index (χ4n) is 4.36. The molecule has 0 fully saturated rings. The molecule has 3 atom stereocenters. The van der Waals surface area contributed by atoms with E-state index in [-0.39, 0.29) is 18.4 Å². The predicted molar refractivity (Wildman–Crippen MR) is 149 cm³/mol. The van der Waals surface area contributed by atoms with Crippen LogP contribution in [0.1, 0.15) is 40.9 Å². The smallest absolute Gasteiger partial charge is 0.252 e. The molecule has 3 aromatic rings. The Kier molecular flexibility index (Phi) is 10.4. The molecule has 0 aliphatic rings. The minimum Gasteiger partial charge on any atom is -0.497 e. The summed E-state index contributed by atoms with van der Waals surface area (Å²) in [5.41, 5.74) is 3.38. The van der Waals surface area contributed by atoms with Gasteiger partial charge in [0.25, 0.3) is 5.91 Å². The summed E-state index contributed by atoms with van der Waals surface area (Å²) in [5.74, 6) is 0.696. The van der Waals surface area contributed by atoms with Crippen molar-refractivity contribution in [2.45, 2.75) is 51.2 Å². The minimum absolute atomic E-state index is 0.140. The van der Waals surface area contributed by atoms with Crippen LogP contribution in [0.4, 0.5) is 0 Å². The molecule has 0 saturated heterocycles. The number of aliphatic hydroxyl groups excluding tert-OH is 1. The molecule has 0 aliphatic heterocycles. The van der Waals surface area contributed by atoms with E-state index in [1.165, 1.54) is 0 Å². The van der Waals surface area contributed by atoms with E-state index in [9.17, 15) is 14.1 Å². The van der Waals surface area contributed by atoms with E-state index < -0.39 is 23.1 Å². The maximum Gasteiger partial charge on any atom is 0.252 e. The van der Waals surface area contributed by atoms with Crippen LogP contribution >= 0.6 is 0 Å². The van der Waals surface area contributed by atoms with Gasteiger partial charge < -0.3 is 15.2 Å². The second-order valence-corrected chi connectivity index (χ2v) is 11.3. The van der Waals surface area contributed by atoms with Crippen molar-refractivity contribution in [2.24, 2.45) is 5.92 Å². The molecule has 37 heavy (non-hydrogen) atoms. The Balaban J connectivity index is 1.86. The SMILES string of the molecule is COc1ccc(S(=O)N(CC(C)C)C[C@@H](O)[C@H](Cc2ccccc2)NC(=O)c2c(C)cccc2C)cc1. The van der Waals surface area contributed by atoms with Crippen molar-refractivity contribution in [1.29, 1.82) is 0 Å². The molecule has 0 saturated carbocycles. The molecule has 0 bridgehead atoms. The molecule has 0 radical (unpaired) electrons. The molecule has 7 heteroatoms. The van der Waals surface area contributed by atoms with Crippen LogP contribution in [0.5, 0.6) is 5.75 Å². The summed E-state index contributed by atoms with van der Waals surface area (Å²) >= 11 is 0. The van der Waals surface area contributed by atoms with Crippen LogP contribution in [0.2, 0.25) is 0 Å². The second kappa shape index (κ2) is 13.5. The lowest BCUT2D eigenvalue weighted by molar-refractivity contribution is 0.0779. The van der Waals surface area contributed by atoms with Gasteiger partial charge >= 0.3 is 0 Å². The number of hydrogen-bond donors (Lipinski definition) is 2. The number of carbonyl (C=O) groups is 1. The van der Waals surface area contributed by atoms with E-state index in [4.69, 9.17) is 4.74 Å². The molecule has 3 rings (SSSR count). The third-order valence-corrected chi connectivity index (χ3v) is 7.69. The molecular formula is C30H38N2O4S. The van der Waals surface area contributed by atoms with Crippen LogP contribution in [0, 0.1) is 19.8 Å². The highest BCUT2D eigenvalue weighted by Gasteiger charge is 2.28. The summed E-state index contributed by atoms with van der Waals surface area (Å²) < 4.78 is 20.5. The van der Waals surface area contributed by atoms with Gasteiger partial charge in [-0.25, -0.2) is 8.51 Å². The van der Waals surface area contributed by atoms with E-state index in [0.717, 1.165) is 16.7 Å². The number of aliphatic hydroxyl groups is 1. The van der Waals surface area contributed by atoms with Crippen LogP contribution < -0.4 is 10.1 Å². The number of nitrogens with one attached hydrogen (secondary N) is 1. The Hall–Kier alpha value is -3.00. The van der Waals surface area contributed by atoms with Gasteiger partial charge in [0, 0.05) is 18.7 Å². The quantitative estimate of drug-likeness (QED) is 0.362. The number of ether oxygens (including phenoxy) is 1. The van der Waals surface area contributed by atoms with Gasteiger partial charge in [-0.2, -0.15) is 0 Å². The Bertz CT molecular complexity index is 1160. The average molecular weight is 523 g/mol. The van der Waals surface area contributed by atoms with Crippen molar-refractivity contribution < 1.29 is 18.8 Å². The topological polar surface area (TPSA) is 78.9 Å². The maximum atomic E-state index is 13.5. The molecule has 198 valence electrons. The van der Waals surface area contributed by atoms with E-state index >= 15 is 0 Å². The maximum absolute atomic E-state index is 13.5. The summed E-state index contributed by atoms with van der Waals surface area (Å²) in [6.45, 7) is 8.59. The third-order valence-electron chi connectivity index (χ3n) is 6.24. The van der Waals surface area contributed by atoms with Gasteiger partial charge in [0.15, 0.2) is 0 Å². The summed E-state index contributed by atoms with van der Waals surface area (Å²) in [6, 6.07) is 22.1. The van der Waals surface area contributed by atoms with Crippen LogP contribution in [-0.4, -0.2) is 51.9 Å². The Morgan fingerprint density at radius 1 is 0.946 bits per heavy atom. The first-order chi connectivity index (χ1) is 17.7. The van der Waals surface area contributed by atoms with Gasteiger partial charge in [-0.3, -0.25) is 4.79 Å².